The third-order valence-corrected chi connectivity index (χ3v) is 2.54. The third kappa shape index (κ3) is 3.58. The molecule has 19 heavy (non-hydrogen) atoms. The summed E-state index contributed by atoms with van der Waals surface area (Å²) in [5.74, 6) is 1.11. The minimum atomic E-state index is -0.187. The molecule has 0 atom stereocenters. The number of rotatable bonds is 5. The number of hydrogen-bond donors (Lipinski definition) is 2. The van der Waals surface area contributed by atoms with Gasteiger partial charge in [0, 0.05) is 17.3 Å². The van der Waals surface area contributed by atoms with Crippen LogP contribution in [-0.4, -0.2) is 22.7 Å². The van der Waals surface area contributed by atoms with Crippen molar-refractivity contribution in [2.24, 2.45) is 0 Å². The lowest BCUT2D eigenvalue weighted by atomic mass is 10.2. The van der Waals surface area contributed by atoms with E-state index in [-0.39, 0.29) is 5.91 Å². The molecule has 0 aliphatic carbocycles. The lowest BCUT2D eigenvalue weighted by molar-refractivity contribution is 0.102. The number of carbonyl (C=O) groups excluding carboxylic acids is 1. The van der Waals surface area contributed by atoms with Gasteiger partial charge in [-0.15, -0.1) is 0 Å². The number of hydrogen-bond acceptors (Lipinski definition) is 3. The molecule has 0 saturated heterocycles. The monoisotopic (exact) mass is 259 g/mol. The molecule has 0 aliphatic heterocycles. The van der Waals surface area contributed by atoms with Gasteiger partial charge in [-0.1, -0.05) is 6.92 Å². The average molecular weight is 259 g/mol. The van der Waals surface area contributed by atoms with Crippen molar-refractivity contribution in [2.45, 2.75) is 20.3 Å². The first-order valence-electron chi connectivity index (χ1n) is 6.25. The number of H-pyrrole nitrogens is 1. The summed E-state index contributed by atoms with van der Waals surface area (Å²) >= 11 is 0. The minimum Gasteiger partial charge on any atom is -0.494 e. The summed E-state index contributed by atoms with van der Waals surface area (Å²) in [6.45, 7) is 4.61. The maximum atomic E-state index is 11.9. The fraction of sp³-hybridized carbons (Fsp3) is 0.286. The Kier molecular flexibility index (Phi) is 4.18. The van der Waals surface area contributed by atoms with Gasteiger partial charge in [0.1, 0.15) is 5.75 Å². The molecule has 1 amide bonds. The summed E-state index contributed by atoms with van der Waals surface area (Å²) in [5.41, 5.74) is 1.48. The molecule has 5 heteroatoms. The zero-order valence-corrected chi connectivity index (χ0v) is 11.1. The van der Waals surface area contributed by atoms with E-state index in [9.17, 15) is 4.79 Å². The third-order valence-electron chi connectivity index (χ3n) is 2.54. The van der Waals surface area contributed by atoms with Crippen molar-refractivity contribution >= 4 is 11.7 Å². The first-order valence-corrected chi connectivity index (χ1v) is 6.25. The van der Waals surface area contributed by atoms with Crippen molar-refractivity contribution in [1.82, 2.24) is 10.2 Å². The van der Waals surface area contributed by atoms with Gasteiger partial charge in [-0.05, 0) is 37.6 Å². The van der Waals surface area contributed by atoms with Crippen molar-refractivity contribution in [2.75, 3.05) is 11.9 Å². The molecule has 1 heterocycles. The molecule has 1 aromatic heterocycles. The molecule has 0 spiro atoms. The number of benzene rings is 1. The van der Waals surface area contributed by atoms with E-state index in [2.05, 4.69) is 15.5 Å². The number of aromatic amines is 1. The normalized spacial score (nSPS) is 10.2. The zero-order valence-electron chi connectivity index (χ0n) is 11.1. The highest BCUT2D eigenvalue weighted by atomic mass is 16.5. The quantitative estimate of drug-likeness (QED) is 0.867. The molecule has 0 unspecified atom stereocenters. The van der Waals surface area contributed by atoms with E-state index in [1.54, 1.807) is 30.3 Å². The zero-order chi connectivity index (χ0) is 13.7. The number of carbonyl (C=O) groups is 1. The van der Waals surface area contributed by atoms with Crippen LogP contribution in [-0.2, 0) is 0 Å². The highest BCUT2D eigenvalue weighted by molar-refractivity contribution is 6.03. The van der Waals surface area contributed by atoms with Gasteiger partial charge < -0.3 is 10.1 Å². The summed E-state index contributed by atoms with van der Waals surface area (Å²) in [4.78, 5) is 11.9. The topological polar surface area (TPSA) is 67.0 Å². The van der Waals surface area contributed by atoms with Crippen LogP contribution in [0.3, 0.4) is 0 Å². The van der Waals surface area contributed by atoms with E-state index in [1.807, 2.05) is 13.8 Å². The van der Waals surface area contributed by atoms with Crippen molar-refractivity contribution in [3.8, 4) is 5.75 Å². The molecule has 0 bridgehead atoms. The van der Waals surface area contributed by atoms with Crippen LogP contribution in [0.15, 0.2) is 30.3 Å². The fourth-order valence-corrected chi connectivity index (χ4v) is 1.59. The van der Waals surface area contributed by atoms with Gasteiger partial charge in [-0.3, -0.25) is 9.89 Å². The lowest BCUT2D eigenvalue weighted by Crippen LogP contribution is -2.12. The highest BCUT2D eigenvalue weighted by Crippen LogP contribution is 2.14. The first kappa shape index (κ1) is 13.1. The van der Waals surface area contributed by atoms with Crippen LogP contribution in [0.2, 0.25) is 0 Å². The molecular formula is C14H17N3O2. The number of aromatic nitrogens is 2. The summed E-state index contributed by atoms with van der Waals surface area (Å²) in [5, 5.41) is 9.45. The number of nitrogens with one attached hydrogen (secondary N) is 2. The number of ether oxygens (including phenoxy) is 1. The Labute approximate surface area is 112 Å². The van der Waals surface area contributed by atoms with E-state index < -0.39 is 0 Å². The summed E-state index contributed by atoms with van der Waals surface area (Å²) < 4.78 is 5.46. The second kappa shape index (κ2) is 6.04. The number of nitrogens with zero attached hydrogens (tertiary/aromatic N) is 1. The van der Waals surface area contributed by atoms with Crippen LogP contribution < -0.4 is 10.1 Å². The molecule has 5 nitrogen and oxygen atoms in total. The Balaban J connectivity index is 1.99. The van der Waals surface area contributed by atoms with Gasteiger partial charge in [0.15, 0.2) is 5.82 Å². The maximum Gasteiger partial charge on any atom is 0.256 e. The van der Waals surface area contributed by atoms with Crippen molar-refractivity contribution in [3.05, 3.63) is 41.6 Å². The van der Waals surface area contributed by atoms with Crippen LogP contribution in [0.5, 0.6) is 5.75 Å². The molecule has 0 saturated carbocycles. The van der Waals surface area contributed by atoms with Gasteiger partial charge in [-0.2, -0.15) is 5.10 Å². The summed E-state index contributed by atoms with van der Waals surface area (Å²) in [6.07, 6.45) is 0.959. The van der Waals surface area contributed by atoms with Crippen LogP contribution in [0.4, 0.5) is 5.82 Å². The molecule has 0 fully saturated rings. The second-order valence-electron chi connectivity index (χ2n) is 4.26. The molecule has 1 aromatic carbocycles. The molecule has 0 aliphatic rings. The van der Waals surface area contributed by atoms with Crippen LogP contribution >= 0.6 is 0 Å². The fourth-order valence-electron chi connectivity index (χ4n) is 1.59. The highest BCUT2D eigenvalue weighted by Gasteiger charge is 2.07. The Hall–Kier alpha value is -2.30. The lowest BCUT2D eigenvalue weighted by Gasteiger charge is -2.05. The summed E-state index contributed by atoms with van der Waals surface area (Å²) in [6, 6.07) is 8.83. The van der Waals surface area contributed by atoms with E-state index in [0.29, 0.717) is 18.0 Å². The van der Waals surface area contributed by atoms with Crippen molar-refractivity contribution in [1.29, 1.82) is 0 Å². The smallest absolute Gasteiger partial charge is 0.256 e. The number of aryl methyl sites for hydroxylation is 1. The molecular weight excluding hydrogens is 242 g/mol. The second-order valence-corrected chi connectivity index (χ2v) is 4.26. The number of amides is 1. The molecule has 100 valence electrons. The Morgan fingerprint density at radius 3 is 2.68 bits per heavy atom. The minimum absolute atomic E-state index is 0.187. The maximum absolute atomic E-state index is 11.9. The Morgan fingerprint density at radius 1 is 1.37 bits per heavy atom. The van der Waals surface area contributed by atoms with E-state index in [0.717, 1.165) is 17.9 Å². The Bertz CT molecular complexity index is 546. The van der Waals surface area contributed by atoms with E-state index >= 15 is 0 Å². The molecule has 2 rings (SSSR count). The van der Waals surface area contributed by atoms with Gasteiger partial charge in [0.25, 0.3) is 5.91 Å². The summed E-state index contributed by atoms with van der Waals surface area (Å²) in [7, 11) is 0. The standard InChI is InChI=1S/C14H17N3O2/c1-3-8-19-12-6-4-11(5-7-12)14(18)15-13-9-10(2)16-17-13/h4-7,9H,3,8H2,1-2H3,(H2,15,16,17,18). The van der Waals surface area contributed by atoms with E-state index in [1.165, 1.54) is 0 Å². The van der Waals surface area contributed by atoms with Crippen LogP contribution in [0.1, 0.15) is 29.4 Å². The largest absolute Gasteiger partial charge is 0.494 e. The van der Waals surface area contributed by atoms with Gasteiger partial charge in [-0.25, -0.2) is 0 Å². The van der Waals surface area contributed by atoms with Crippen molar-refractivity contribution < 1.29 is 9.53 Å². The Morgan fingerprint density at radius 2 is 2.11 bits per heavy atom. The SMILES string of the molecule is CCCOc1ccc(C(=O)Nc2cc(C)[nH]n2)cc1. The van der Waals surface area contributed by atoms with Gasteiger partial charge in [0.05, 0.1) is 6.61 Å². The van der Waals surface area contributed by atoms with Crippen LogP contribution in [0, 0.1) is 6.92 Å². The predicted octanol–water partition coefficient (Wildman–Crippen LogP) is 2.76. The van der Waals surface area contributed by atoms with Gasteiger partial charge in [0.2, 0.25) is 0 Å². The predicted molar refractivity (Wildman–Crippen MR) is 73.5 cm³/mol. The first-order chi connectivity index (χ1) is 9.19. The average Bonchev–Trinajstić information content (AvgIpc) is 2.82. The van der Waals surface area contributed by atoms with E-state index in [4.69, 9.17) is 4.74 Å². The molecule has 2 N–H and O–H groups in total. The van der Waals surface area contributed by atoms with Crippen LogP contribution in [0.25, 0.3) is 0 Å². The molecule has 2 aromatic rings. The van der Waals surface area contributed by atoms with Crippen molar-refractivity contribution in [3.63, 3.8) is 0 Å². The molecule has 0 radical (unpaired) electrons. The van der Waals surface area contributed by atoms with Gasteiger partial charge >= 0.3 is 0 Å². The number of anilines is 1.